The molecule has 0 saturated heterocycles. The predicted molar refractivity (Wildman–Crippen MR) is 129 cm³/mol. The van der Waals surface area contributed by atoms with E-state index in [0.717, 1.165) is 10.9 Å². The molecule has 3 rings (SSSR count). The minimum absolute atomic E-state index is 0.235. The Kier molecular flexibility index (Phi) is 8.48. The molecule has 0 amide bonds. The van der Waals surface area contributed by atoms with Crippen LogP contribution in [0.1, 0.15) is 38.2 Å². The third-order valence-electron chi connectivity index (χ3n) is 5.67. The van der Waals surface area contributed by atoms with Gasteiger partial charge in [-0.1, -0.05) is 0 Å². The number of carbonyl (C=O) groups is 1. The number of unbranched alkanes of at least 4 members (excludes halogenated alkanes) is 1. The first-order valence-corrected chi connectivity index (χ1v) is 14.4. The molecule has 1 aliphatic rings. The van der Waals surface area contributed by atoms with Crippen molar-refractivity contribution in [1.82, 2.24) is 4.72 Å². The van der Waals surface area contributed by atoms with Crippen molar-refractivity contribution >= 4 is 34.7 Å². The number of rotatable bonds is 9. The number of benzene rings is 2. The van der Waals surface area contributed by atoms with Gasteiger partial charge in [-0.3, -0.25) is 0 Å². The molecule has 8 nitrogen and oxygen atoms in total. The van der Waals surface area contributed by atoms with Crippen molar-refractivity contribution in [2.75, 3.05) is 26.4 Å². The Labute approximate surface area is 195 Å². The van der Waals surface area contributed by atoms with E-state index in [2.05, 4.69) is 4.72 Å². The van der Waals surface area contributed by atoms with E-state index in [1.807, 2.05) is 31.2 Å². The molecule has 1 aliphatic heterocycles. The van der Waals surface area contributed by atoms with Crippen LogP contribution in [0.2, 0.25) is 0 Å². The van der Waals surface area contributed by atoms with Gasteiger partial charge in [-0.15, -0.1) is 0 Å². The third kappa shape index (κ3) is 6.31. The molecule has 10 heteroatoms. The number of sulfonamides is 1. The molecule has 2 aromatic rings. The standard InChI is InChI=1S/C23H32NO7PS/c1-17-9-6-11-21-19(17)10-7-13-22(21)33(27,28)24-14-4-5-15-30-32(26)16-8-12-20(18(2)31-32)23(25)29-3/h6-7,9-11,13,24,26,32H,4-5,8,12,14-16H2,1-3H3. The second-order valence-corrected chi connectivity index (χ2v) is 12.2. The Morgan fingerprint density at radius 2 is 1.88 bits per heavy atom. The number of nitrogens with one attached hydrogen (secondary N) is 1. The topological polar surface area (TPSA) is 111 Å². The Morgan fingerprint density at radius 3 is 2.64 bits per heavy atom. The summed E-state index contributed by atoms with van der Waals surface area (Å²) in [5.74, 6) is -0.119. The third-order valence-corrected chi connectivity index (χ3v) is 9.45. The number of hydrogen-bond acceptors (Lipinski definition) is 7. The minimum atomic E-state index is -3.66. The summed E-state index contributed by atoms with van der Waals surface area (Å²) in [5, 5.41) is 1.61. The number of fused-ring (bicyclic) bond motifs is 1. The van der Waals surface area contributed by atoms with Crippen molar-refractivity contribution in [3.05, 3.63) is 53.3 Å². The molecule has 0 saturated carbocycles. The van der Waals surface area contributed by atoms with E-state index < -0.39 is 23.9 Å². The average Bonchev–Trinajstić information content (AvgIpc) is 2.93. The molecule has 182 valence electrons. The molecule has 2 aromatic carbocycles. The number of aryl methyl sites for hydroxylation is 1. The molecule has 2 N–H and O–H groups in total. The van der Waals surface area contributed by atoms with Crippen LogP contribution in [0.25, 0.3) is 10.8 Å². The molecule has 1 heterocycles. The molecule has 33 heavy (non-hydrogen) atoms. The summed E-state index contributed by atoms with van der Waals surface area (Å²) >= 11 is 0. The summed E-state index contributed by atoms with van der Waals surface area (Å²) in [6, 6.07) is 10.9. The molecule has 0 fully saturated rings. The zero-order valence-electron chi connectivity index (χ0n) is 19.2. The van der Waals surface area contributed by atoms with Crippen LogP contribution in [0.15, 0.2) is 52.6 Å². The zero-order valence-corrected chi connectivity index (χ0v) is 21.0. The van der Waals surface area contributed by atoms with E-state index in [0.29, 0.717) is 48.6 Å². The van der Waals surface area contributed by atoms with Gasteiger partial charge in [-0.05, 0) is 0 Å². The van der Waals surface area contributed by atoms with Gasteiger partial charge >= 0.3 is 195 Å². The van der Waals surface area contributed by atoms with E-state index >= 15 is 0 Å². The number of esters is 1. The second-order valence-electron chi connectivity index (χ2n) is 8.07. The Hall–Kier alpha value is -2.03. The maximum absolute atomic E-state index is 12.8. The summed E-state index contributed by atoms with van der Waals surface area (Å²) in [6.45, 7) is 4.07. The van der Waals surface area contributed by atoms with E-state index in [1.54, 1.807) is 19.1 Å². The van der Waals surface area contributed by atoms with Gasteiger partial charge < -0.3 is 0 Å². The molecular formula is C23H32NO7PS. The van der Waals surface area contributed by atoms with Gasteiger partial charge in [-0.25, -0.2) is 0 Å². The van der Waals surface area contributed by atoms with Crippen LogP contribution in [-0.4, -0.2) is 45.7 Å². The molecule has 0 unspecified atom stereocenters. The van der Waals surface area contributed by atoms with Crippen LogP contribution in [0.4, 0.5) is 0 Å². The van der Waals surface area contributed by atoms with Crippen LogP contribution >= 0.6 is 7.94 Å². The molecule has 0 aromatic heterocycles. The molecule has 0 aliphatic carbocycles. The van der Waals surface area contributed by atoms with Crippen molar-refractivity contribution in [1.29, 1.82) is 0 Å². The van der Waals surface area contributed by atoms with E-state index in [-0.39, 0.29) is 18.0 Å². The van der Waals surface area contributed by atoms with Gasteiger partial charge in [0.25, 0.3) is 0 Å². The molecular weight excluding hydrogens is 465 g/mol. The first kappa shape index (κ1) is 25.6. The van der Waals surface area contributed by atoms with Crippen molar-refractivity contribution in [3.63, 3.8) is 0 Å². The van der Waals surface area contributed by atoms with E-state index in [1.165, 1.54) is 7.11 Å². The Balaban J connectivity index is 1.51. The van der Waals surface area contributed by atoms with Gasteiger partial charge in [0.1, 0.15) is 0 Å². The normalized spacial score (nSPS) is 17.3. The van der Waals surface area contributed by atoms with Crippen LogP contribution in [0.3, 0.4) is 0 Å². The first-order chi connectivity index (χ1) is 15.7. The number of hydrogen-bond donors (Lipinski definition) is 2. The van der Waals surface area contributed by atoms with Crippen molar-refractivity contribution in [2.24, 2.45) is 0 Å². The Morgan fingerprint density at radius 1 is 1.15 bits per heavy atom. The fraction of sp³-hybridized carbons (Fsp3) is 0.435. The Bertz CT molecular complexity index is 1150. The SMILES string of the molecule is COC(=O)C1=C(C)O[PH](O)(OCCCCNS(=O)(=O)c2cccc3c(C)cccc23)CCC1. The predicted octanol–water partition coefficient (Wildman–Crippen LogP) is 3.97. The quantitative estimate of drug-likeness (QED) is 0.306. The van der Waals surface area contributed by atoms with E-state index in [9.17, 15) is 18.1 Å². The first-order valence-electron chi connectivity index (χ1n) is 11.0. The average molecular weight is 498 g/mol. The summed E-state index contributed by atoms with van der Waals surface area (Å²) in [6.07, 6.45) is 2.46. The summed E-state index contributed by atoms with van der Waals surface area (Å²) in [4.78, 5) is 22.8. The summed E-state index contributed by atoms with van der Waals surface area (Å²) in [7, 11) is -5.79. The number of ether oxygens (including phenoxy) is 1. The van der Waals surface area contributed by atoms with Gasteiger partial charge in [-0.2, -0.15) is 0 Å². The van der Waals surface area contributed by atoms with Gasteiger partial charge in [0.05, 0.1) is 0 Å². The molecule has 0 bridgehead atoms. The monoisotopic (exact) mass is 497 g/mol. The van der Waals surface area contributed by atoms with E-state index in [4.69, 9.17) is 13.8 Å². The number of allylic oxidation sites excluding steroid dienone is 1. The second kappa shape index (κ2) is 10.9. The van der Waals surface area contributed by atoms with Gasteiger partial charge in [0, 0.05) is 0 Å². The number of methoxy groups -OCH3 is 1. The number of carbonyl (C=O) groups excluding carboxylic acids is 1. The summed E-state index contributed by atoms with van der Waals surface area (Å²) in [5.41, 5.74) is 1.44. The fourth-order valence-electron chi connectivity index (χ4n) is 3.90. The summed E-state index contributed by atoms with van der Waals surface area (Å²) < 4.78 is 44.4. The maximum atomic E-state index is 12.8. The fourth-order valence-corrected chi connectivity index (χ4v) is 7.19. The van der Waals surface area contributed by atoms with Gasteiger partial charge in [0.15, 0.2) is 0 Å². The molecule has 0 spiro atoms. The molecule has 0 atom stereocenters. The van der Waals surface area contributed by atoms with Crippen molar-refractivity contribution in [3.8, 4) is 0 Å². The molecule has 0 radical (unpaired) electrons. The van der Waals surface area contributed by atoms with Crippen molar-refractivity contribution < 1.29 is 31.9 Å². The van der Waals surface area contributed by atoms with Crippen LogP contribution in [0, 0.1) is 6.92 Å². The van der Waals surface area contributed by atoms with Crippen molar-refractivity contribution in [2.45, 2.75) is 44.4 Å². The van der Waals surface area contributed by atoms with Crippen LogP contribution < -0.4 is 4.72 Å². The van der Waals surface area contributed by atoms with Gasteiger partial charge in [0.2, 0.25) is 0 Å². The zero-order chi connectivity index (χ0) is 24.1. The van der Waals surface area contributed by atoms with Crippen LogP contribution in [-0.2, 0) is 28.6 Å². The van der Waals surface area contributed by atoms with Crippen LogP contribution in [0.5, 0.6) is 0 Å².